The second-order valence-electron chi connectivity index (χ2n) is 10.1. The van der Waals surface area contributed by atoms with Gasteiger partial charge in [0.25, 0.3) is 5.91 Å². The minimum Gasteiger partial charge on any atom is -0.369 e. The first-order chi connectivity index (χ1) is 16.6. The molecule has 5 rings (SSSR count). The number of hydrogen-bond donors (Lipinski definition) is 4. The third-order valence-electron chi connectivity index (χ3n) is 8.26. The van der Waals surface area contributed by atoms with Gasteiger partial charge in [-0.15, -0.1) is 0 Å². The number of fused-ring (bicyclic) bond motifs is 1. The molecule has 3 unspecified atom stereocenters. The Bertz CT molecular complexity index is 1250. The van der Waals surface area contributed by atoms with Crippen LogP contribution >= 0.6 is 23.2 Å². The minimum absolute atomic E-state index is 0.0552. The quantitative estimate of drug-likeness (QED) is 0.462. The number of aromatic nitrogens is 1. The van der Waals surface area contributed by atoms with E-state index in [-0.39, 0.29) is 35.9 Å². The summed E-state index contributed by atoms with van der Waals surface area (Å²) in [6, 6.07) is 4.27. The van der Waals surface area contributed by atoms with Gasteiger partial charge in [-0.25, -0.2) is 0 Å². The van der Waals surface area contributed by atoms with Crippen molar-refractivity contribution in [2.45, 2.75) is 38.1 Å². The monoisotopic (exact) mass is 519 g/mol. The Hall–Kier alpha value is -2.78. The van der Waals surface area contributed by atoms with Gasteiger partial charge in [0.1, 0.15) is 11.7 Å². The van der Waals surface area contributed by atoms with Crippen molar-refractivity contribution in [1.82, 2.24) is 15.2 Å². The zero-order valence-corrected chi connectivity index (χ0v) is 20.5. The van der Waals surface area contributed by atoms with E-state index in [4.69, 9.17) is 34.7 Å². The molecular weight excluding hydrogens is 493 g/mol. The maximum absolute atomic E-state index is 13.6. The van der Waals surface area contributed by atoms with Crippen molar-refractivity contribution in [1.29, 1.82) is 0 Å². The van der Waals surface area contributed by atoms with Crippen molar-refractivity contribution in [2.24, 2.45) is 34.6 Å². The average Bonchev–Trinajstić information content (AvgIpc) is 3.52. The van der Waals surface area contributed by atoms with Crippen LogP contribution in [0.15, 0.2) is 18.2 Å². The minimum atomic E-state index is -0.806. The lowest BCUT2D eigenvalue weighted by molar-refractivity contribution is -0.132. The van der Waals surface area contributed by atoms with Gasteiger partial charge in [-0.3, -0.25) is 19.2 Å². The van der Waals surface area contributed by atoms with Crippen LogP contribution in [0.3, 0.4) is 0 Å². The summed E-state index contributed by atoms with van der Waals surface area (Å²) in [5.41, 5.74) is 11.9. The summed E-state index contributed by atoms with van der Waals surface area (Å²) in [6.07, 6.45) is 2.91. The summed E-state index contributed by atoms with van der Waals surface area (Å²) in [7, 11) is 0. The molecule has 1 aromatic carbocycles. The Morgan fingerprint density at radius 1 is 1.20 bits per heavy atom. The van der Waals surface area contributed by atoms with Crippen LogP contribution in [0.25, 0.3) is 10.9 Å². The van der Waals surface area contributed by atoms with Gasteiger partial charge in [0.15, 0.2) is 0 Å². The number of likely N-dealkylation sites (tertiary alicyclic amines) is 1. The first-order valence-electron chi connectivity index (χ1n) is 11.8. The largest absolute Gasteiger partial charge is 0.369 e. The molecule has 4 amide bonds. The average molecular weight is 520 g/mol. The van der Waals surface area contributed by atoms with E-state index in [2.05, 4.69) is 10.3 Å². The van der Waals surface area contributed by atoms with Gasteiger partial charge in [-0.2, -0.15) is 0 Å². The molecule has 5 atom stereocenters. The first kappa shape index (κ1) is 23.9. The zero-order chi connectivity index (χ0) is 25.1. The Balaban J connectivity index is 1.42. The maximum atomic E-state index is 13.6. The number of amides is 4. The molecule has 3 heterocycles. The van der Waals surface area contributed by atoms with Gasteiger partial charge in [0.2, 0.25) is 17.7 Å². The molecule has 1 spiro atoms. The van der Waals surface area contributed by atoms with Gasteiger partial charge in [-0.05, 0) is 55.6 Å². The predicted octanol–water partition coefficient (Wildman–Crippen LogP) is 2.20. The molecule has 1 aromatic heterocycles. The summed E-state index contributed by atoms with van der Waals surface area (Å²) in [6.45, 7) is 0.880. The molecule has 2 saturated heterocycles. The van der Waals surface area contributed by atoms with Crippen LogP contribution in [0, 0.1) is 23.2 Å². The number of carbonyl (C=O) groups excluding carboxylic acids is 4. The molecule has 35 heavy (non-hydrogen) atoms. The third-order valence-corrected chi connectivity index (χ3v) is 9.06. The molecule has 0 radical (unpaired) electrons. The number of carbonyl (C=O) groups is 4. The number of nitrogens with two attached hydrogens (primary N) is 2. The van der Waals surface area contributed by atoms with Crippen LogP contribution in [0.1, 0.15) is 42.6 Å². The van der Waals surface area contributed by atoms with E-state index in [1.54, 1.807) is 18.2 Å². The summed E-state index contributed by atoms with van der Waals surface area (Å²) in [5.74, 6) is -2.34. The highest BCUT2D eigenvalue weighted by atomic mass is 35.5. The standard InChI is InChI=1S/C24H27Cl2N5O4/c25-15-2-1-11-8-16(30-19(11)18(15)26)23(35)31-10-24(9-17(31)21(28)33)5-3-14(24)13(20(27)32)7-12-4-6-29-22(12)34/h1-2,8,12-14,17,30H,3-7,9-10H2,(H2,27,32)(H2,28,33)(H,29,34)/t12-,13+,14?,17?,24?/m1/s1. The molecule has 0 bridgehead atoms. The Morgan fingerprint density at radius 2 is 1.97 bits per heavy atom. The van der Waals surface area contributed by atoms with E-state index in [9.17, 15) is 19.2 Å². The second-order valence-corrected chi connectivity index (χ2v) is 10.9. The van der Waals surface area contributed by atoms with E-state index in [0.717, 1.165) is 18.2 Å². The number of halogens is 2. The molecule has 2 aliphatic heterocycles. The van der Waals surface area contributed by atoms with Crippen molar-refractivity contribution >= 4 is 57.7 Å². The third kappa shape index (κ3) is 3.94. The molecule has 11 heteroatoms. The molecular formula is C24H27Cl2N5O4. The van der Waals surface area contributed by atoms with Crippen molar-refractivity contribution in [3.05, 3.63) is 33.9 Å². The number of H-pyrrole nitrogens is 1. The molecule has 3 fully saturated rings. The highest BCUT2D eigenvalue weighted by Gasteiger charge is 2.59. The van der Waals surface area contributed by atoms with Crippen LogP contribution < -0.4 is 16.8 Å². The van der Waals surface area contributed by atoms with Crippen LogP contribution in [-0.4, -0.2) is 52.6 Å². The number of primary amides is 2. The molecule has 6 N–H and O–H groups in total. The Labute approximate surface area is 211 Å². The maximum Gasteiger partial charge on any atom is 0.271 e. The SMILES string of the molecule is NC(=O)C1CC2(CCC2[C@H](C[C@H]2CCNC2=O)C(N)=O)CN1C(=O)c1cc2ccc(Cl)c(Cl)c2[nH]1. The summed E-state index contributed by atoms with van der Waals surface area (Å²) in [5, 5.41) is 4.20. The second kappa shape index (κ2) is 8.71. The molecule has 9 nitrogen and oxygen atoms in total. The molecule has 1 aliphatic carbocycles. The van der Waals surface area contributed by atoms with Crippen LogP contribution in [0.5, 0.6) is 0 Å². The fourth-order valence-corrected chi connectivity index (χ4v) is 6.71. The lowest BCUT2D eigenvalue weighted by Gasteiger charge is -2.50. The van der Waals surface area contributed by atoms with E-state index in [1.165, 1.54) is 4.90 Å². The van der Waals surface area contributed by atoms with Crippen molar-refractivity contribution in [3.63, 3.8) is 0 Å². The van der Waals surface area contributed by atoms with Gasteiger partial charge >= 0.3 is 0 Å². The molecule has 1 saturated carbocycles. The summed E-state index contributed by atoms with van der Waals surface area (Å²) < 4.78 is 0. The number of hydrogen-bond acceptors (Lipinski definition) is 4. The van der Waals surface area contributed by atoms with Gasteiger partial charge in [0.05, 0.1) is 15.6 Å². The van der Waals surface area contributed by atoms with Crippen molar-refractivity contribution in [2.75, 3.05) is 13.1 Å². The fourth-order valence-electron chi connectivity index (χ4n) is 6.34. The van der Waals surface area contributed by atoms with Gasteiger partial charge in [0, 0.05) is 30.3 Å². The highest BCUT2D eigenvalue weighted by molar-refractivity contribution is 6.45. The summed E-state index contributed by atoms with van der Waals surface area (Å²) in [4.78, 5) is 55.1. The number of benzene rings is 1. The topological polar surface area (TPSA) is 151 Å². The molecule has 186 valence electrons. The lowest BCUT2D eigenvalue weighted by atomic mass is 9.53. The number of nitrogens with zero attached hydrogens (tertiary/aromatic N) is 1. The first-order valence-corrected chi connectivity index (χ1v) is 12.5. The number of aromatic amines is 1. The summed E-state index contributed by atoms with van der Waals surface area (Å²) >= 11 is 12.4. The number of nitrogens with one attached hydrogen (secondary N) is 2. The van der Waals surface area contributed by atoms with E-state index >= 15 is 0 Å². The van der Waals surface area contributed by atoms with Crippen molar-refractivity contribution < 1.29 is 19.2 Å². The predicted molar refractivity (Wildman–Crippen MR) is 131 cm³/mol. The van der Waals surface area contributed by atoms with Gasteiger partial charge < -0.3 is 26.7 Å². The Morgan fingerprint density at radius 3 is 2.57 bits per heavy atom. The normalized spacial score (nSPS) is 28.8. The van der Waals surface area contributed by atoms with Crippen LogP contribution in [-0.2, 0) is 14.4 Å². The Kier molecular flexibility index (Phi) is 5.96. The van der Waals surface area contributed by atoms with Gasteiger partial charge in [-0.1, -0.05) is 29.3 Å². The van der Waals surface area contributed by atoms with Crippen LogP contribution in [0.4, 0.5) is 0 Å². The fraction of sp³-hybridized carbons (Fsp3) is 0.500. The van der Waals surface area contributed by atoms with Crippen LogP contribution in [0.2, 0.25) is 10.0 Å². The van der Waals surface area contributed by atoms with E-state index in [0.29, 0.717) is 41.4 Å². The smallest absolute Gasteiger partial charge is 0.271 e. The lowest BCUT2D eigenvalue weighted by Crippen LogP contribution is -2.50. The van der Waals surface area contributed by atoms with E-state index in [1.807, 2.05) is 0 Å². The van der Waals surface area contributed by atoms with Crippen molar-refractivity contribution in [3.8, 4) is 0 Å². The zero-order valence-electron chi connectivity index (χ0n) is 19.0. The number of rotatable bonds is 6. The molecule has 2 aromatic rings. The van der Waals surface area contributed by atoms with E-state index < -0.39 is 29.2 Å². The highest BCUT2D eigenvalue weighted by Crippen LogP contribution is 2.58. The molecule has 3 aliphatic rings.